The summed E-state index contributed by atoms with van der Waals surface area (Å²) in [6.45, 7) is 1.00. The molecule has 0 aliphatic rings. The van der Waals surface area contributed by atoms with E-state index < -0.39 is 0 Å². The lowest BCUT2D eigenvalue weighted by Crippen LogP contribution is -2.25. The smallest absolute Gasteiger partial charge is 0.251 e. The maximum Gasteiger partial charge on any atom is 0.251 e. The number of rotatable bonds is 5. The molecule has 0 saturated heterocycles. The van der Waals surface area contributed by atoms with Crippen LogP contribution in [0.4, 0.5) is 0 Å². The molecule has 0 fully saturated rings. The SMILES string of the molecule is NCc1ccc(C(=O)NCCc2ncn[nH]2)cc1. The number of aromatic amines is 1. The van der Waals surface area contributed by atoms with E-state index in [1.54, 1.807) is 12.1 Å². The van der Waals surface area contributed by atoms with Crippen molar-refractivity contribution in [1.82, 2.24) is 20.5 Å². The van der Waals surface area contributed by atoms with E-state index in [1.807, 2.05) is 12.1 Å². The van der Waals surface area contributed by atoms with Crippen LogP contribution in [0.5, 0.6) is 0 Å². The summed E-state index contributed by atoms with van der Waals surface area (Å²) in [6.07, 6.45) is 2.08. The molecule has 0 bridgehead atoms. The fourth-order valence-electron chi connectivity index (χ4n) is 1.54. The molecule has 1 heterocycles. The number of H-pyrrole nitrogens is 1. The molecular formula is C12H15N5O. The lowest BCUT2D eigenvalue weighted by atomic mass is 10.1. The van der Waals surface area contributed by atoms with Gasteiger partial charge < -0.3 is 11.1 Å². The number of nitrogens with zero attached hydrogens (tertiary/aromatic N) is 2. The topological polar surface area (TPSA) is 96.7 Å². The number of carbonyl (C=O) groups excluding carboxylic acids is 1. The van der Waals surface area contributed by atoms with E-state index in [1.165, 1.54) is 6.33 Å². The molecule has 4 N–H and O–H groups in total. The zero-order chi connectivity index (χ0) is 12.8. The fraction of sp³-hybridized carbons (Fsp3) is 0.250. The van der Waals surface area contributed by atoms with Crippen LogP contribution >= 0.6 is 0 Å². The first-order valence-electron chi connectivity index (χ1n) is 5.71. The van der Waals surface area contributed by atoms with Gasteiger partial charge in [0, 0.05) is 25.1 Å². The number of hydrogen-bond donors (Lipinski definition) is 3. The first-order chi connectivity index (χ1) is 8.79. The van der Waals surface area contributed by atoms with Gasteiger partial charge in [0.05, 0.1) is 0 Å². The monoisotopic (exact) mass is 245 g/mol. The van der Waals surface area contributed by atoms with Crippen LogP contribution in [0.1, 0.15) is 21.7 Å². The third kappa shape index (κ3) is 3.14. The number of nitrogens with one attached hydrogen (secondary N) is 2. The van der Waals surface area contributed by atoms with Crippen LogP contribution in [0.15, 0.2) is 30.6 Å². The Labute approximate surface area is 105 Å². The number of amides is 1. The van der Waals surface area contributed by atoms with E-state index in [2.05, 4.69) is 20.5 Å². The standard InChI is InChI=1S/C12H15N5O/c13-7-9-1-3-10(4-2-9)12(18)14-6-5-11-15-8-16-17-11/h1-4,8H,5-7,13H2,(H,14,18)(H,15,16,17). The molecule has 6 heteroatoms. The first-order valence-corrected chi connectivity index (χ1v) is 5.71. The van der Waals surface area contributed by atoms with Crippen molar-refractivity contribution in [2.24, 2.45) is 5.73 Å². The Hall–Kier alpha value is -2.21. The Kier molecular flexibility index (Phi) is 4.03. The third-order valence-electron chi connectivity index (χ3n) is 2.56. The van der Waals surface area contributed by atoms with Gasteiger partial charge in [-0.05, 0) is 17.7 Å². The lowest BCUT2D eigenvalue weighted by molar-refractivity contribution is 0.0954. The highest BCUT2D eigenvalue weighted by Gasteiger charge is 2.04. The largest absolute Gasteiger partial charge is 0.352 e. The van der Waals surface area contributed by atoms with Crippen molar-refractivity contribution in [3.63, 3.8) is 0 Å². The van der Waals surface area contributed by atoms with Crippen molar-refractivity contribution >= 4 is 5.91 Å². The van der Waals surface area contributed by atoms with Gasteiger partial charge in [-0.1, -0.05) is 12.1 Å². The van der Waals surface area contributed by atoms with E-state index in [9.17, 15) is 4.79 Å². The summed E-state index contributed by atoms with van der Waals surface area (Å²) < 4.78 is 0. The Morgan fingerprint density at radius 3 is 2.72 bits per heavy atom. The molecule has 0 atom stereocenters. The van der Waals surface area contributed by atoms with Gasteiger partial charge in [0.15, 0.2) is 0 Å². The van der Waals surface area contributed by atoms with E-state index in [-0.39, 0.29) is 5.91 Å². The quantitative estimate of drug-likeness (QED) is 0.702. The van der Waals surface area contributed by atoms with E-state index in [0.717, 1.165) is 11.4 Å². The molecule has 0 spiro atoms. The summed E-state index contributed by atoms with van der Waals surface area (Å²) in [5.41, 5.74) is 7.13. The molecule has 1 aromatic carbocycles. The van der Waals surface area contributed by atoms with Gasteiger partial charge in [-0.2, -0.15) is 5.10 Å². The molecule has 0 radical (unpaired) electrons. The number of aromatic nitrogens is 3. The molecule has 0 aliphatic heterocycles. The van der Waals surface area contributed by atoms with Crippen LogP contribution in [-0.2, 0) is 13.0 Å². The van der Waals surface area contributed by atoms with Gasteiger partial charge >= 0.3 is 0 Å². The van der Waals surface area contributed by atoms with Gasteiger partial charge in [0.25, 0.3) is 5.91 Å². The molecular weight excluding hydrogens is 230 g/mol. The Bertz CT molecular complexity index is 492. The zero-order valence-electron chi connectivity index (χ0n) is 9.89. The van der Waals surface area contributed by atoms with Gasteiger partial charge in [0.1, 0.15) is 12.2 Å². The molecule has 18 heavy (non-hydrogen) atoms. The average molecular weight is 245 g/mol. The maximum atomic E-state index is 11.8. The van der Waals surface area contributed by atoms with Gasteiger partial charge in [-0.25, -0.2) is 4.98 Å². The lowest BCUT2D eigenvalue weighted by Gasteiger charge is -2.04. The van der Waals surface area contributed by atoms with Crippen LogP contribution in [0.25, 0.3) is 0 Å². The maximum absolute atomic E-state index is 11.8. The minimum absolute atomic E-state index is 0.0990. The number of benzene rings is 1. The Morgan fingerprint density at radius 2 is 2.11 bits per heavy atom. The minimum atomic E-state index is -0.0990. The van der Waals surface area contributed by atoms with E-state index >= 15 is 0 Å². The fourth-order valence-corrected chi connectivity index (χ4v) is 1.54. The zero-order valence-corrected chi connectivity index (χ0v) is 9.89. The van der Waals surface area contributed by atoms with Gasteiger partial charge in [-0.15, -0.1) is 0 Å². The van der Waals surface area contributed by atoms with Crippen LogP contribution in [-0.4, -0.2) is 27.6 Å². The first kappa shape index (κ1) is 12.3. The summed E-state index contributed by atoms with van der Waals surface area (Å²) in [5.74, 6) is 0.659. The summed E-state index contributed by atoms with van der Waals surface area (Å²) in [5, 5.41) is 9.29. The molecule has 2 aromatic rings. The summed E-state index contributed by atoms with van der Waals surface area (Å²) in [7, 11) is 0. The van der Waals surface area contributed by atoms with Crippen molar-refractivity contribution in [3.05, 3.63) is 47.5 Å². The third-order valence-corrected chi connectivity index (χ3v) is 2.56. The molecule has 1 aromatic heterocycles. The van der Waals surface area contributed by atoms with E-state index in [4.69, 9.17) is 5.73 Å². The predicted octanol–water partition coefficient (Wildman–Crippen LogP) is 0.236. The predicted molar refractivity (Wildman–Crippen MR) is 66.8 cm³/mol. The molecule has 0 aliphatic carbocycles. The van der Waals surface area contributed by atoms with Crippen LogP contribution in [0.2, 0.25) is 0 Å². The number of carbonyl (C=O) groups is 1. The molecule has 2 rings (SSSR count). The van der Waals surface area contributed by atoms with E-state index in [0.29, 0.717) is 25.1 Å². The Morgan fingerprint density at radius 1 is 1.33 bits per heavy atom. The van der Waals surface area contributed by atoms with Crippen molar-refractivity contribution in [1.29, 1.82) is 0 Å². The Balaban J connectivity index is 1.83. The summed E-state index contributed by atoms with van der Waals surface area (Å²) in [6, 6.07) is 7.24. The van der Waals surface area contributed by atoms with Crippen LogP contribution in [0, 0.1) is 0 Å². The second kappa shape index (κ2) is 5.92. The molecule has 0 saturated carbocycles. The molecule has 1 amide bonds. The van der Waals surface area contributed by atoms with Crippen LogP contribution in [0.3, 0.4) is 0 Å². The number of nitrogens with two attached hydrogens (primary N) is 1. The normalized spacial score (nSPS) is 10.3. The van der Waals surface area contributed by atoms with Crippen molar-refractivity contribution < 1.29 is 4.79 Å². The summed E-state index contributed by atoms with van der Waals surface area (Å²) >= 11 is 0. The highest BCUT2D eigenvalue weighted by molar-refractivity contribution is 5.94. The second-order valence-electron chi connectivity index (χ2n) is 3.84. The summed E-state index contributed by atoms with van der Waals surface area (Å²) in [4.78, 5) is 15.8. The molecule has 6 nitrogen and oxygen atoms in total. The molecule has 94 valence electrons. The van der Waals surface area contributed by atoms with Crippen molar-refractivity contribution in [2.75, 3.05) is 6.54 Å². The van der Waals surface area contributed by atoms with Gasteiger partial charge in [0.2, 0.25) is 0 Å². The van der Waals surface area contributed by atoms with Crippen molar-refractivity contribution in [2.45, 2.75) is 13.0 Å². The minimum Gasteiger partial charge on any atom is -0.352 e. The highest BCUT2D eigenvalue weighted by atomic mass is 16.1. The van der Waals surface area contributed by atoms with Crippen LogP contribution < -0.4 is 11.1 Å². The van der Waals surface area contributed by atoms with Crippen molar-refractivity contribution in [3.8, 4) is 0 Å². The molecule has 0 unspecified atom stereocenters. The number of hydrogen-bond acceptors (Lipinski definition) is 4. The van der Waals surface area contributed by atoms with Gasteiger partial charge in [-0.3, -0.25) is 9.89 Å². The highest BCUT2D eigenvalue weighted by Crippen LogP contribution is 2.03. The average Bonchev–Trinajstić information content (AvgIpc) is 2.92. The second-order valence-corrected chi connectivity index (χ2v) is 3.84.